The minimum Gasteiger partial charge on any atom is -0.445 e. The molecule has 33 heavy (non-hydrogen) atoms. The molecule has 7 nitrogen and oxygen atoms in total. The lowest BCUT2D eigenvalue weighted by Gasteiger charge is -2.42. The van der Waals surface area contributed by atoms with Crippen molar-refractivity contribution in [3.63, 3.8) is 0 Å². The molecule has 3 aliphatic heterocycles. The Bertz CT molecular complexity index is 1210. The van der Waals surface area contributed by atoms with E-state index in [1.165, 1.54) is 25.9 Å². The molecular weight excluding hydrogens is 416 g/mol. The monoisotopic (exact) mass is 445 g/mol. The molecule has 3 aliphatic rings. The normalized spacial score (nSPS) is 22.0. The van der Waals surface area contributed by atoms with Gasteiger partial charge in [0.1, 0.15) is 5.58 Å². The molecule has 3 N–H and O–H groups in total. The topological polar surface area (TPSA) is 88.5 Å². The summed E-state index contributed by atoms with van der Waals surface area (Å²) in [5.74, 6) is 1.15. The first-order valence-corrected chi connectivity index (χ1v) is 11.6. The number of carbonyl (C=O) groups is 2. The number of nitrogens with one attached hydrogen (secondary N) is 3. The smallest absolute Gasteiger partial charge is 0.445 e. The summed E-state index contributed by atoms with van der Waals surface area (Å²) in [6.07, 6.45) is 4.38. The second kappa shape index (κ2) is 9.19. The number of furan rings is 1. The molecule has 1 atom stereocenters. The fraction of sp³-hybridized carbons (Fsp3) is 0.346. The summed E-state index contributed by atoms with van der Waals surface area (Å²) in [6, 6.07) is 15.3. The van der Waals surface area contributed by atoms with Crippen LogP contribution in [0.4, 0.5) is 4.79 Å². The van der Waals surface area contributed by atoms with Crippen LogP contribution in [0.2, 0.25) is 0 Å². The van der Waals surface area contributed by atoms with Crippen molar-refractivity contribution in [3.05, 3.63) is 59.9 Å². The maximum absolute atomic E-state index is 12.9. The van der Waals surface area contributed by atoms with Gasteiger partial charge in [0.2, 0.25) is 5.76 Å². The molecule has 3 amide bonds. The van der Waals surface area contributed by atoms with Crippen molar-refractivity contribution in [2.24, 2.45) is 11.8 Å². The van der Waals surface area contributed by atoms with E-state index in [1.807, 2.05) is 48.7 Å². The van der Waals surface area contributed by atoms with Crippen molar-refractivity contribution in [1.29, 1.82) is 0 Å². The number of hydrogen-bond acceptors (Lipinski definition) is 4. The van der Waals surface area contributed by atoms with Crippen LogP contribution in [0.25, 0.3) is 22.1 Å². The number of para-hydroxylation sites is 1. The zero-order chi connectivity index (χ0) is 22.8. The van der Waals surface area contributed by atoms with Crippen LogP contribution in [0, 0.1) is 11.8 Å². The number of urea groups is 1. The summed E-state index contributed by atoms with van der Waals surface area (Å²) < 4.78 is 6.08. The van der Waals surface area contributed by atoms with Gasteiger partial charge in [0.25, 0.3) is 0 Å². The zero-order valence-electron chi connectivity index (χ0n) is 18.8. The fourth-order valence-corrected chi connectivity index (χ4v) is 5.04. The molecule has 7 heteroatoms. The van der Waals surface area contributed by atoms with E-state index in [9.17, 15) is 9.59 Å². The first kappa shape index (κ1) is 21.4. The van der Waals surface area contributed by atoms with E-state index < -0.39 is 0 Å². The maximum atomic E-state index is 12.9. The highest BCUT2D eigenvalue weighted by molar-refractivity contribution is 5.98. The fourth-order valence-electron chi connectivity index (χ4n) is 5.04. The second-order valence-corrected chi connectivity index (χ2v) is 8.87. The molecule has 3 fully saturated rings. The molecule has 3 aromatic rings. The largest absolute Gasteiger partial charge is 0.452 e. The summed E-state index contributed by atoms with van der Waals surface area (Å²) in [5, 5.41) is 6.27. The van der Waals surface area contributed by atoms with Gasteiger partial charge in [-0.15, -0.1) is 0 Å². The Hall–Kier alpha value is -3.45. The van der Waals surface area contributed by atoms with Gasteiger partial charge in [0.15, 0.2) is 6.21 Å². The van der Waals surface area contributed by atoms with E-state index in [-0.39, 0.29) is 11.9 Å². The van der Waals surface area contributed by atoms with E-state index in [0.29, 0.717) is 29.7 Å². The molecule has 2 bridgehead atoms. The van der Waals surface area contributed by atoms with Gasteiger partial charge in [0, 0.05) is 37.2 Å². The van der Waals surface area contributed by atoms with E-state index in [0.717, 1.165) is 28.6 Å². The van der Waals surface area contributed by atoms with Gasteiger partial charge in [-0.2, -0.15) is 4.99 Å². The molecule has 1 aromatic heterocycles. The lowest BCUT2D eigenvalue weighted by atomic mass is 9.80. The lowest BCUT2D eigenvalue weighted by molar-refractivity contribution is -0.345. The Morgan fingerprint density at radius 2 is 1.91 bits per heavy atom. The average molecular weight is 446 g/mol. The van der Waals surface area contributed by atoms with Crippen molar-refractivity contribution in [3.8, 4) is 11.1 Å². The van der Waals surface area contributed by atoms with E-state index in [1.54, 1.807) is 13.1 Å². The first-order chi connectivity index (χ1) is 16.1. The number of rotatable bonds is 5. The predicted octanol–water partition coefficient (Wildman–Crippen LogP) is 2.16. The number of amides is 3. The standard InChI is InChI=1S/C26H28N4O3/c1-27-26(32)29-14-19-5-2-3-7-21(19)22-8-4-6-18-13-23(33-24(18)22)25(31)28-15-20-16-30-11-9-17(20)10-12-30/h2-8,13,15,17,20H,9-12,14,16H2,1H3,(H2,27,29,32)/p+1. The minimum absolute atomic E-state index is 0.219. The van der Waals surface area contributed by atoms with Crippen LogP contribution in [0.15, 0.2) is 52.9 Å². The number of hydrogen-bond donors (Lipinski definition) is 3. The molecule has 6 rings (SSSR count). The van der Waals surface area contributed by atoms with Gasteiger partial charge in [-0.1, -0.05) is 42.5 Å². The van der Waals surface area contributed by atoms with Gasteiger partial charge in [-0.3, -0.25) is 0 Å². The number of fused-ring (bicyclic) bond motifs is 4. The van der Waals surface area contributed by atoms with Crippen molar-refractivity contribution < 1.29 is 19.0 Å². The van der Waals surface area contributed by atoms with Crippen LogP contribution in [0.3, 0.4) is 0 Å². The molecule has 2 aromatic carbocycles. The summed E-state index contributed by atoms with van der Waals surface area (Å²) in [5.41, 5.74) is 3.48. The number of piperidine rings is 3. The Morgan fingerprint density at radius 3 is 2.67 bits per heavy atom. The third-order valence-electron chi connectivity index (χ3n) is 6.88. The Morgan fingerprint density at radius 1 is 1.12 bits per heavy atom. The van der Waals surface area contributed by atoms with Gasteiger partial charge in [0.05, 0.1) is 5.92 Å². The van der Waals surface area contributed by atoms with Crippen LogP contribution in [-0.4, -0.2) is 49.7 Å². The first-order valence-electron chi connectivity index (χ1n) is 11.6. The van der Waals surface area contributed by atoms with Crippen LogP contribution in [0.1, 0.15) is 29.0 Å². The second-order valence-electron chi connectivity index (χ2n) is 8.87. The molecule has 1 unspecified atom stereocenters. The SMILES string of the molecule is CNC(=O)NCc1ccccc1-c1cccc2cc(C(=O)[NH+]=CC3CN4CCC3CC4)oc12. The third-order valence-corrected chi connectivity index (χ3v) is 6.88. The van der Waals surface area contributed by atoms with Crippen LogP contribution < -0.4 is 15.6 Å². The number of nitrogens with zero attached hydrogens (tertiary/aromatic N) is 1. The average Bonchev–Trinajstić information content (AvgIpc) is 3.31. The number of carbonyl (C=O) groups excluding carboxylic acids is 2. The summed E-state index contributed by atoms with van der Waals surface area (Å²) >= 11 is 0. The Kier molecular flexibility index (Phi) is 5.96. The van der Waals surface area contributed by atoms with Gasteiger partial charge in [-0.05, 0) is 43.0 Å². The van der Waals surface area contributed by atoms with Crippen LogP contribution >= 0.6 is 0 Å². The molecular formula is C26H29N4O3+. The van der Waals surface area contributed by atoms with E-state index in [2.05, 4.69) is 20.5 Å². The van der Waals surface area contributed by atoms with Gasteiger partial charge < -0.3 is 20.0 Å². The summed E-state index contributed by atoms with van der Waals surface area (Å²) in [6.45, 7) is 3.76. The molecule has 170 valence electrons. The molecule has 0 radical (unpaired) electrons. The van der Waals surface area contributed by atoms with E-state index >= 15 is 0 Å². The lowest BCUT2D eigenvalue weighted by Crippen LogP contribution is -2.75. The van der Waals surface area contributed by atoms with Crippen molar-refractivity contribution in [2.45, 2.75) is 19.4 Å². The summed E-state index contributed by atoms with van der Waals surface area (Å²) in [7, 11) is 1.59. The van der Waals surface area contributed by atoms with Crippen molar-refractivity contribution in [2.75, 3.05) is 26.7 Å². The van der Waals surface area contributed by atoms with Crippen LogP contribution in [0.5, 0.6) is 0 Å². The molecule has 0 saturated carbocycles. The highest BCUT2D eigenvalue weighted by atomic mass is 16.3. The Balaban J connectivity index is 1.41. The third kappa shape index (κ3) is 4.41. The quantitative estimate of drug-likeness (QED) is 0.525. The Labute approximate surface area is 192 Å². The zero-order valence-corrected chi connectivity index (χ0v) is 18.8. The molecule has 0 spiro atoms. The van der Waals surface area contributed by atoms with Gasteiger partial charge >= 0.3 is 11.9 Å². The molecule has 4 heterocycles. The highest BCUT2D eigenvalue weighted by Crippen LogP contribution is 2.33. The number of benzene rings is 2. The highest BCUT2D eigenvalue weighted by Gasteiger charge is 2.35. The van der Waals surface area contributed by atoms with Crippen LogP contribution in [-0.2, 0) is 6.54 Å². The predicted molar refractivity (Wildman–Crippen MR) is 127 cm³/mol. The van der Waals surface area contributed by atoms with Gasteiger partial charge in [-0.25, -0.2) is 9.59 Å². The van der Waals surface area contributed by atoms with Crippen molar-refractivity contribution >= 4 is 29.1 Å². The van der Waals surface area contributed by atoms with Crippen molar-refractivity contribution in [1.82, 2.24) is 15.5 Å². The minimum atomic E-state index is -0.237. The molecule has 0 aliphatic carbocycles. The van der Waals surface area contributed by atoms with E-state index in [4.69, 9.17) is 4.42 Å². The summed E-state index contributed by atoms with van der Waals surface area (Å²) in [4.78, 5) is 30.0. The maximum Gasteiger partial charge on any atom is 0.452 e. The molecule has 3 saturated heterocycles.